The van der Waals surface area contributed by atoms with Crippen molar-refractivity contribution < 1.29 is 13.9 Å². The molecule has 134 valence electrons. The monoisotopic (exact) mass is 346 g/mol. The topological polar surface area (TPSA) is 67.8 Å². The number of methoxy groups -OCH3 is 1. The maximum Gasteiger partial charge on any atom is 0.212 e. The Morgan fingerprint density at radius 1 is 1.20 bits per heavy atom. The van der Waals surface area contributed by atoms with E-state index in [4.69, 9.17) is 9.47 Å². The highest BCUT2D eigenvalue weighted by Crippen LogP contribution is 2.12. The van der Waals surface area contributed by atoms with E-state index in [2.05, 4.69) is 20.6 Å². The van der Waals surface area contributed by atoms with Crippen molar-refractivity contribution in [1.82, 2.24) is 15.6 Å². The first-order valence-corrected chi connectivity index (χ1v) is 7.96. The van der Waals surface area contributed by atoms with E-state index in [0.29, 0.717) is 30.7 Å². The molecule has 0 bridgehead atoms. The van der Waals surface area contributed by atoms with Gasteiger partial charge in [0.15, 0.2) is 5.96 Å². The van der Waals surface area contributed by atoms with E-state index in [1.54, 1.807) is 32.5 Å². The van der Waals surface area contributed by atoms with Crippen molar-refractivity contribution in [1.29, 1.82) is 0 Å². The van der Waals surface area contributed by atoms with Gasteiger partial charge in [-0.15, -0.1) is 0 Å². The molecule has 6 nitrogen and oxygen atoms in total. The highest BCUT2D eigenvalue weighted by Gasteiger charge is 2.06. The Bertz CT molecular complexity index is 674. The molecule has 7 heteroatoms. The van der Waals surface area contributed by atoms with E-state index < -0.39 is 0 Å². The molecule has 0 radical (unpaired) electrons. The number of aromatic nitrogens is 1. The van der Waals surface area contributed by atoms with Crippen molar-refractivity contribution >= 4 is 5.96 Å². The number of benzene rings is 1. The van der Waals surface area contributed by atoms with Gasteiger partial charge in [0.25, 0.3) is 0 Å². The molecule has 0 fully saturated rings. The van der Waals surface area contributed by atoms with Crippen LogP contribution in [0.25, 0.3) is 0 Å². The van der Waals surface area contributed by atoms with Crippen LogP contribution in [0.1, 0.15) is 12.5 Å². The van der Waals surface area contributed by atoms with Crippen molar-refractivity contribution in [3.05, 3.63) is 54.0 Å². The predicted octanol–water partition coefficient (Wildman–Crippen LogP) is 2.36. The zero-order valence-corrected chi connectivity index (χ0v) is 14.6. The minimum atomic E-state index is -0.282. The summed E-state index contributed by atoms with van der Waals surface area (Å²) in [5.74, 6) is 1.59. The lowest BCUT2D eigenvalue weighted by Gasteiger charge is -2.17. The second-order valence-electron chi connectivity index (χ2n) is 5.40. The third kappa shape index (κ3) is 6.29. The zero-order valence-electron chi connectivity index (χ0n) is 14.6. The van der Waals surface area contributed by atoms with Crippen LogP contribution in [0.5, 0.6) is 11.6 Å². The molecule has 1 atom stereocenters. The lowest BCUT2D eigenvalue weighted by Crippen LogP contribution is -2.41. The molecule has 1 aromatic carbocycles. The molecule has 1 heterocycles. The van der Waals surface area contributed by atoms with Crippen LogP contribution in [0.2, 0.25) is 0 Å². The SMILES string of the molecule is CN=C(NCc1ccc(OC)nc1)NCC(C)Oc1ccc(F)cc1. The van der Waals surface area contributed by atoms with Gasteiger partial charge in [0.2, 0.25) is 5.88 Å². The summed E-state index contributed by atoms with van der Waals surface area (Å²) >= 11 is 0. The largest absolute Gasteiger partial charge is 0.489 e. The molecule has 0 aliphatic rings. The van der Waals surface area contributed by atoms with Crippen molar-refractivity contribution in [2.24, 2.45) is 4.99 Å². The van der Waals surface area contributed by atoms with Gasteiger partial charge in [0.1, 0.15) is 17.7 Å². The lowest BCUT2D eigenvalue weighted by molar-refractivity contribution is 0.223. The summed E-state index contributed by atoms with van der Waals surface area (Å²) < 4.78 is 23.6. The highest BCUT2D eigenvalue weighted by molar-refractivity contribution is 5.79. The summed E-state index contributed by atoms with van der Waals surface area (Å²) in [5.41, 5.74) is 1.01. The Balaban J connectivity index is 1.76. The summed E-state index contributed by atoms with van der Waals surface area (Å²) in [6.45, 7) is 3.07. The summed E-state index contributed by atoms with van der Waals surface area (Å²) in [4.78, 5) is 8.33. The molecule has 1 unspecified atom stereocenters. The van der Waals surface area contributed by atoms with Gasteiger partial charge in [0, 0.05) is 25.9 Å². The molecule has 0 amide bonds. The fourth-order valence-electron chi connectivity index (χ4n) is 2.07. The molecule has 0 aliphatic carbocycles. The van der Waals surface area contributed by atoms with Crippen LogP contribution in [0.15, 0.2) is 47.6 Å². The van der Waals surface area contributed by atoms with Crippen LogP contribution >= 0.6 is 0 Å². The fourth-order valence-corrected chi connectivity index (χ4v) is 2.07. The third-order valence-corrected chi connectivity index (χ3v) is 3.40. The van der Waals surface area contributed by atoms with Gasteiger partial charge in [-0.1, -0.05) is 6.07 Å². The molecule has 0 spiro atoms. The van der Waals surface area contributed by atoms with Crippen molar-refractivity contribution in [2.45, 2.75) is 19.6 Å². The molecule has 25 heavy (non-hydrogen) atoms. The smallest absolute Gasteiger partial charge is 0.212 e. The molecule has 1 aromatic heterocycles. The number of rotatable bonds is 7. The number of hydrogen-bond donors (Lipinski definition) is 2. The molecule has 0 aliphatic heterocycles. The highest BCUT2D eigenvalue weighted by atomic mass is 19.1. The standard InChI is InChI=1S/C18H23FN4O2/c1-13(25-16-7-5-15(19)6-8-16)10-22-18(20-2)23-12-14-4-9-17(24-3)21-11-14/h4-9,11,13H,10,12H2,1-3H3,(H2,20,22,23). The summed E-state index contributed by atoms with van der Waals surface area (Å²) in [6, 6.07) is 9.71. The van der Waals surface area contributed by atoms with E-state index in [1.807, 2.05) is 19.1 Å². The van der Waals surface area contributed by atoms with Gasteiger partial charge in [-0.05, 0) is 36.8 Å². The Morgan fingerprint density at radius 3 is 2.56 bits per heavy atom. The van der Waals surface area contributed by atoms with Gasteiger partial charge in [-0.2, -0.15) is 0 Å². The first kappa shape index (κ1) is 18.5. The number of nitrogens with one attached hydrogen (secondary N) is 2. The third-order valence-electron chi connectivity index (χ3n) is 3.40. The van der Waals surface area contributed by atoms with Gasteiger partial charge >= 0.3 is 0 Å². The molecule has 2 rings (SSSR count). The number of nitrogens with zero attached hydrogens (tertiary/aromatic N) is 2. The number of guanidine groups is 1. The molecule has 2 N–H and O–H groups in total. The van der Waals surface area contributed by atoms with E-state index in [-0.39, 0.29) is 11.9 Å². The van der Waals surface area contributed by atoms with Crippen LogP contribution in [-0.4, -0.2) is 37.7 Å². The summed E-state index contributed by atoms with van der Waals surface area (Å²) in [6.07, 6.45) is 1.64. The first-order valence-electron chi connectivity index (χ1n) is 7.96. The van der Waals surface area contributed by atoms with Gasteiger partial charge in [0.05, 0.1) is 13.7 Å². The number of pyridine rings is 1. The summed E-state index contributed by atoms with van der Waals surface area (Å²) in [5, 5.41) is 6.39. The van der Waals surface area contributed by atoms with E-state index in [9.17, 15) is 4.39 Å². The van der Waals surface area contributed by atoms with Crippen molar-refractivity contribution in [3.63, 3.8) is 0 Å². The average Bonchev–Trinajstić information content (AvgIpc) is 2.64. The maximum atomic E-state index is 12.9. The quantitative estimate of drug-likeness (QED) is 0.595. The van der Waals surface area contributed by atoms with E-state index >= 15 is 0 Å². The molecule has 0 saturated heterocycles. The summed E-state index contributed by atoms with van der Waals surface area (Å²) in [7, 11) is 3.29. The number of ether oxygens (including phenoxy) is 2. The van der Waals surface area contributed by atoms with Crippen LogP contribution < -0.4 is 20.1 Å². The number of halogens is 1. The van der Waals surface area contributed by atoms with Crippen molar-refractivity contribution in [2.75, 3.05) is 20.7 Å². The van der Waals surface area contributed by atoms with E-state index in [1.165, 1.54) is 12.1 Å². The van der Waals surface area contributed by atoms with Gasteiger partial charge < -0.3 is 20.1 Å². The zero-order chi connectivity index (χ0) is 18.1. The molecular formula is C18H23FN4O2. The van der Waals surface area contributed by atoms with Gasteiger partial charge in [-0.25, -0.2) is 9.37 Å². The number of hydrogen-bond acceptors (Lipinski definition) is 4. The van der Waals surface area contributed by atoms with E-state index in [0.717, 1.165) is 5.56 Å². The normalized spacial score (nSPS) is 12.4. The average molecular weight is 346 g/mol. The Morgan fingerprint density at radius 2 is 1.96 bits per heavy atom. The Hall–Kier alpha value is -2.83. The maximum absolute atomic E-state index is 12.9. The predicted molar refractivity (Wildman–Crippen MR) is 95.5 cm³/mol. The molecular weight excluding hydrogens is 323 g/mol. The number of aliphatic imine (C=N–C) groups is 1. The lowest BCUT2D eigenvalue weighted by atomic mass is 10.3. The van der Waals surface area contributed by atoms with Crippen LogP contribution in [-0.2, 0) is 6.54 Å². The Labute approximate surface area is 147 Å². The van der Waals surface area contributed by atoms with Gasteiger partial charge in [-0.3, -0.25) is 4.99 Å². The van der Waals surface area contributed by atoms with Crippen molar-refractivity contribution in [3.8, 4) is 11.6 Å². The van der Waals surface area contributed by atoms with Crippen LogP contribution in [0.4, 0.5) is 4.39 Å². The minimum absolute atomic E-state index is 0.105. The molecule has 0 saturated carbocycles. The second-order valence-corrected chi connectivity index (χ2v) is 5.40. The van der Waals surface area contributed by atoms with Crippen LogP contribution in [0, 0.1) is 5.82 Å². The Kier molecular flexibility index (Phi) is 7.00. The minimum Gasteiger partial charge on any atom is -0.489 e. The fraction of sp³-hybridized carbons (Fsp3) is 0.333. The first-order chi connectivity index (χ1) is 12.1. The molecule has 2 aromatic rings. The second kappa shape index (κ2) is 9.46. The van der Waals surface area contributed by atoms with Crippen LogP contribution in [0.3, 0.4) is 0 Å².